The summed E-state index contributed by atoms with van der Waals surface area (Å²) in [4.78, 5) is 0. The second-order valence-corrected chi connectivity index (χ2v) is 7.33. The van der Waals surface area contributed by atoms with Gasteiger partial charge in [-0.3, -0.25) is 0 Å². The molecule has 1 heteroatoms. The highest BCUT2D eigenvalue weighted by Crippen LogP contribution is 2.38. The van der Waals surface area contributed by atoms with Gasteiger partial charge in [0.05, 0.1) is 6.61 Å². The van der Waals surface area contributed by atoms with E-state index in [0.717, 1.165) is 37.0 Å². The van der Waals surface area contributed by atoms with Gasteiger partial charge in [0.15, 0.2) is 0 Å². The van der Waals surface area contributed by atoms with E-state index >= 15 is 0 Å². The van der Waals surface area contributed by atoms with E-state index in [0.29, 0.717) is 0 Å². The number of hydrogen-bond donors (Lipinski definition) is 0. The minimum Gasteiger partial charge on any atom is -0.493 e. The third-order valence-electron chi connectivity index (χ3n) is 5.36. The van der Waals surface area contributed by atoms with Crippen LogP contribution in [0.3, 0.4) is 0 Å². The number of benzene rings is 1. The van der Waals surface area contributed by atoms with E-state index < -0.39 is 0 Å². The topological polar surface area (TPSA) is 9.23 Å². The Hall–Kier alpha value is -1.24. The largest absolute Gasteiger partial charge is 0.493 e. The van der Waals surface area contributed by atoms with Crippen LogP contribution in [0.4, 0.5) is 0 Å². The van der Waals surface area contributed by atoms with Gasteiger partial charge in [-0.15, -0.1) is 0 Å². The first-order chi connectivity index (χ1) is 11.8. The van der Waals surface area contributed by atoms with Crippen LogP contribution in [-0.4, -0.2) is 6.61 Å². The SMILES string of the molecule is CC=CCCC1CCC(c2ccc(OCCC)c(CCC)c2)CC1. The maximum absolute atomic E-state index is 5.95. The predicted molar refractivity (Wildman–Crippen MR) is 105 cm³/mol. The summed E-state index contributed by atoms with van der Waals surface area (Å²) in [7, 11) is 0. The zero-order valence-corrected chi connectivity index (χ0v) is 16.0. The van der Waals surface area contributed by atoms with Crippen LogP contribution in [0.5, 0.6) is 5.75 Å². The van der Waals surface area contributed by atoms with Crippen LogP contribution in [0.2, 0.25) is 0 Å². The van der Waals surface area contributed by atoms with Crippen LogP contribution in [0.15, 0.2) is 30.4 Å². The lowest BCUT2D eigenvalue weighted by Gasteiger charge is -2.29. The number of rotatable bonds is 9. The number of ether oxygens (including phenoxy) is 1. The van der Waals surface area contributed by atoms with Gasteiger partial charge in [0.2, 0.25) is 0 Å². The molecule has 0 atom stereocenters. The Bertz CT molecular complexity index is 495. The molecule has 1 aromatic carbocycles. The predicted octanol–water partition coefficient (Wildman–Crippen LogP) is 7.06. The molecule has 0 bridgehead atoms. The van der Waals surface area contributed by atoms with Gasteiger partial charge >= 0.3 is 0 Å². The smallest absolute Gasteiger partial charge is 0.122 e. The van der Waals surface area contributed by atoms with E-state index in [4.69, 9.17) is 4.74 Å². The molecule has 1 fully saturated rings. The van der Waals surface area contributed by atoms with Crippen molar-refractivity contribution in [3.63, 3.8) is 0 Å². The third-order valence-corrected chi connectivity index (χ3v) is 5.36. The summed E-state index contributed by atoms with van der Waals surface area (Å²) in [5, 5.41) is 0. The first kappa shape index (κ1) is 19.1. The summed E-state index contributed by atoms with van der Waals surface area (Å²) in [5.74, 6) is 2.82. The second-order valence-electron chi connectivity index (χ2n) is 7.33. The number of aryl methyl sites for hydroxylation is 1. The highest BCUT2D eigenvalue weighted by molar-refractivity contribution is 5.39. The van der Waals surface area contributed by atoms with Gasteiger partial charge in [-0.25, -0.2) is 0 Å². The fraction of sp³-hybridized carbons (Fsp3) is 0.652. The average Bonchev–Trinajstić information content (AvgIpc) is 2.62. The summed E-state index contributed by atoms with van der Waals surface area (Å²) >= 11 is 0. The van der Waals surface area contributed by atoms with Gasteiger partial charge in [0.25, 0.3) is 0 Å². The van der Waals surface area contributed by atoms with E-state index in [9.17, 15) is 0 Å². The quantitative estimate of drug-likeness (QED) is 0.441. The van der Waals surface area contributed by atoms with Gasteiger partial charge in [0.1, 0.15) is 5.75 Å². The summed E-state index contributed by atoms with van der Waals surface area (Å²) in [6, 6.07) is 7.00. The first-order valence-corrected chi connectivity index (χ1v) is 10.1. The van der Waals surface area contributed by atoms with Crippen molar-refractivity contribution >= 4 is 0 Å². The van der Waals surface area contributed by atoms with E-state index in [1.165, 1.54) is 50.5 Å². The van der Waals surface area contributed by atoms with Gasteiger partial charge in [0, 0.05) is 0 Å². The van der Waals surface area contributed by atoms with Crippen molar-refractivity contribution in [2.24, 2.45) is 5.92 Å². The van der Waals surface area contributed by atoms with Crippen molar-refractivity contribution in [3.8, 4) is 5.75 Å². The van der Waals surface area contributed by atoms with Crippen LogP contribution in [-0.2, 0) is 6.42 Å². The molecule has 0 radical (unpaired) electrons. The van der Waals surface area contributed by atoms with Crippen molar-refractivity contribution in [3.05, 3.63) is 41.5 Å². The second kappa shape index (κ2) is 10.6. The molecule has 1 aromatic rings. The zero-order valence-electron chi connectivity index (χ0n) is 16.0. The molecular formula is C23H36O. The van der Waals surface area contributed by atoms with Crippen LogP contribution in [0.1, 0.15) is 89.2 Å². The van der Waals surface area contributed by atoms with Crippen molar-refractivity contribution in [2.75, 3.05) is 6.61 Å². The van der Waals surface area contributed by atoms with E-state index in [-0.39, 0.29) is 0 Å². The molecule has 0 saturated heterocycles. The Morgan fingerprint density at radius 1 is 1.08 bits per heavy atom. The van der Waals surface area contributed by atoms with Gasteiger partial charge in [-0.1, -0.05) is 44.6 Å². The maximum atomic E-state index is 5.95. The Balaban J connectivity index is 1.95. The van der Waals surface area contributed by atoms with Gasteiger partial charge in [-0.05, 0) is 87.3 Å². The third kappa shape index (κ3) is 5.69. The van der Waals surface area contributed by atoms with Crippen LogP contribution < -0.4 is 4.74 Å². The molecule has 1 nitrogen and oxygen atoms in total. The first-order valence-electron chi connectivity index (χ1n) is 10.1. The van der Waals surface area contributed by atoms with Gasteiger partial charge in [-0.2, -0.15) is 0 Å². The van der Waals surface area contributed by atoms with Crippen LogP contribution in [0.25, 0.3) is 0 Å². The molecule has 1 aliphatic rings. The zero-order chi connectivity index (χ0) is 17.2. The molecule has 1 saturated carbocycles. The summed E-state index contributed by atoms with van der Waals surface area (Å²) < 4.78 is 5.95. The summed E-state index contributed by atoms with van der Waals surface area (Å²) in [5.41, 5.74) is 2.97. The van der Waals surface area contributed by atoms with E-state index in [2.05, 4.69) is 51.1 Å². The molecule has 0 aliphatic heterocycles. The monoisotopic (exact) mass is 328 g/mol. The Kier molecular flexibility index (Phi) is 8.42. The molecule has 134 valence electrons. The fourth-order valence-electron chi connectivity index (χ4n) is 3.95. The van der Waals surface area contributed by atoms with Gasteiger partial charge < -0.3 is 4.74 Å². The molecule has 0 spiro atoms. The minimum atomic E-state index is 0.763. The Morgan fingerprint density at radius 3 is 2.54 bits per heavy atom. The van der Waals surface area contributed by atoms with Crippen molar-refractivity contribution in [1.29, 1.82) is 0 Å². The molecule has 1 aliphatic carbocycles. The van der Waals surface area contributed by atoms with Crippen LogP contribution in [0, 0.1) is 5.92 Å². The van der Waals surface area contributed by atoms with Crippen molar-refractivity contribution in [1.82, 2.24) is 0 Å². The summed E-state index contributed by atoms with van der Waals surface area (Å²) in [6.07, 6.45) is 16.1. The minimum absolute atomic E-state index is 0.763. The lowest BCUT2D eigenvalue weighted by molar-refractivity contribution is 0.308. The van der Waals surface area contributed by atoms with Crippen molar-refractivity contribution in [2.45, 2.75) is 84.5 Å². The molecule has 0 N–H and O–H groups in total. The fourth-order valence-corrected chi connectivity index (χ4v) is 3.95. The van der Waals surface area contributed by atoms with Crippen LogP contribution >= 0.6 is 0 Å². The normalized spacial score (nSPS) is 21.3. The molecular weight excluding hydrogens is 292 g/mol. The molecule has 0 unspecified atom stereocenters. The summed E-state index contributed by atoms with van der Waals surface area (Å²) in [6.45, 7) is 7.38. The highest BCUT2D eigenvalue weighted by Gasteiger charge is 2.22. The average molecular weight is 329 g/mol. The number of allylic oxidation sites excluding steroid dienone is 2. The van der Waals surface area contributed by atoms with E-state index in [1.807, 2.05) is 0 Å². The number of hydrogen-bond acceptors (Lipinski definition) is 1. The lowest BCUT2D eigenvalue weighted by Crippen LogP contribution is -2.13. The van der Waals surface area contributed by atoms with E-state index in [1.54, 1.807) is 5.56 Å². The molecule has 24 heavy (non-hydrogen) atoms. The Morgan fingerprint density at radius 2 is 1.88 bits per heavy atom. The molecule has 0 heterocycles. The molecule has 0 amide bonds. The Labute approximate surface area is 149 Å². The highest BCUT2D eigenvalue weighted by atomic mass is 16.5. The van der Waals surface area contributed by atoms with Crippen molar-refractivity contribution < 1.29 is 4.74 Å². The molecule has 2 rings (SSSR count). The molecule has 0 aromatic heterocycles. The standard InChI is InChI=1S/C23H36O/c1-4-7-8-10-19-11-13-20(14-12-19)21-15-16-23(24-17-6-3)22(18-21)9-5-2/h4,7,15-16,18-20H,5-6,8-14,17H2,1-3H3. The maximum Gasteiger partial charge on any atom is 0.122 e. The lowest BCUT2D eigenvalue weighted by atomic mass is 9.77.